The fraction of sp³-hybridized carbons (Fsp3) is 0.333. The van der Waals surface area contributed by atoms with Gasteiger partial charge in [-0.05, 0) is 60.2 Å². The van der Waals surface area contributed by atoms with E-state index in [9.17, 15) is 22.0 Å². The maximum absolute atomic E-state index is 15.0. The van der Waals surface area contributed by atoms with Gasteiger partial charge in [-0.2, -0.15) is 8.78 Å². The Morgan fingerprint density at radius 3 is 1.83 bits per heavy atom. The molecular weight excluding hydrogens is 651 g/mol. The molecule has 0 N–H and O–H groups in total. The maximum Gasteiger partial charge on any atom is 0.432 e. The molecule has 0 radical (unpaired) electrons. The van der Waals surface area contributed by atoms with Crippen LogP contribution in [0.2, 0.25) is 0 Å². The third-order valence-corrected chi connectivity index (χ3v) is 8.10. The molecule has 1 fully saturated rings. The third kappa shape index (κ3) is 8.15. The molecule has 1 aliphatic heterocycles. The second kappa shape index (κ2) is 15.0. The van der Waals surface area contributed by atoms with Crippen molar-refractivity contribution in [2.45, 2.75) is 57.8 Å². The van der Waals surface area contributed by atoms with Gasteiger partial charge in [0.15, 0.2) is 23.7 Å². The lowest BCUT2D eigenvalue weighted by molar-refractivity contribution is -0.206. The topological polar surface area (TPSA) is 27.7 Å². The van der Waals surface area contributed by atoms with Crippen molar-refractivity contribution < 1.29 is 53.7 Å². The molecule has 1 saturated heterocycles. The molecule has 48 heavy (non-hydrogen) atoms. The summed E-state index contributed by atoms with van der Waals surface area (Å²) < 4.78 is 146. The van der Waals surface area contributed by atoms with Crippen LogP contribution in [0, 0.1) is 46.6 Å². The molecule has 0 amide bonds. The highest BCUT2D eigenvalue weighted by molar-refractivity contribution is 5.64. The summed E-state index contributed by atoms with van der Waals surface area (Å²) in [5.74, 6) is -11.5. The Hall–Kier alpha value is -4.03. The van der Waals surface area contributed by atoms with Gasteiger partial charge in [0.1, 0.15) is 34.6 Å². The normalized spacial score (nSPS) is 16.7. The first-order valence-corrected chi connectivity index (χ1v) is 15.4. The SMILES string of the molecule is CCCCCC1COC(c2ccc(-c3cc(F)c(C(F)(F)Oc4cc(F)c(CCc5cc(F)c(F)c(F)c5)c(F)c4)c(F)c3)cc2)OC1. The zero-order valence-corrected chi connectivity index (χ0v) is 25.7. The molecule has 0 spiro atoms. The predicted octanol–water partition coefficient (Wildman–Crippen LogP) is 10.5. The monoisotopic (exact) mass is 682 g/mol. The maximum atomic E-state index is 15.0. The summed E-state index contributed by atoms with van der Waals surface area (Å²) in [5, 5.41) is 0. The van der Waals surface area contributed by atoms with Crippen LogP contribution in [-0.4, -0.2) is 13.2 Å². The van der Waals surface area contributed by atoms with Crippen molar-refractivity contribution in [3.05, 3.63) is 124 Å². The molecule has 4 aromatic carbocycles. The van der Waals surface area contributed by atoms with Gasteiger partial charge >= 0.3 is 6.11 Å². The Balaban J connectivity index is 1.25. The standard InChI is InChI=1S/C36H31F9O3/c1-2-3-4-5-21-18-46-35(47-19-21)23-9-7-22(8-10-23)24-14-29(39)33(30(40)15-24)36(44,45)48-25-16-27(37)26(28(38)17-25)11-6-20-12-31(41)34(43)32(42)13-20/h7-10,12-17,21,35H,2-6,11,18-19H2,1H3. The summed E-state index contributed by atoms with van der Waals surface area (Å²) >= 11 is 0. The minimum Gasteiger partial charge on any atom is -0.429 e. The molecule has 0 saturated carbocycles. The quantitative estimate of drug-likeness (QED) is 0.0846. The molecular formula is C36H31F9O3. The molecule has 0 atom stereocenters. The van der Waals surface area contributed by atoms with E-state index < -0.39 is 76.4 Å². The van der Waals surface area contributed by atoms with Gasteiger partial charge in [0.25, 0.3) is 0 Å². The minimum absolute atomic E-state index is 0.0556. The highest BCUT2D eigenvalue weighted by Crippen LogP contribution is 2.38. The van der Waals surface area contributed by atoms with Gasteiger partial charge in [0, 0.05) is 29.2 Å². The number of aryl methyl sites for hydroxylation is 1. The summed E-state index contributed by atoms with van der Waals surface area (Å²) in [6.07, 6.45) is -1.75. The zero-order valence-electron chi connectivity index (χ0n) is 25.7. The molecule has 5 rings (SSSR count). The van der Waals surface area contributed by atoms with Gasteiger partial charge in [-0.15, -0.1) is 0 Å². The van der Waals surface area contributed by atoms with Crippen molar-refractivity contribution in [2.24, 2.45) is 5.92 Å². The van der Waals surface area contributed by atoms with Crippen molar-refractivity contribution in [2.75, 3.05) is 13.2 Å². The predicted molar refractivity (Wildman–Crippen MR) is 159 cm³/mol. The molecule has 4 aromatic rings. The number of hydrogen-bond donors (Lipinski definition) is 0. The molecule has 256 valence electrons. The van der Waals surface area contributed by atoms with E-state index in [2.05, 4.69) is 11.7 Å². The molecule has 3 nitrogen and oxygen atoms in total. The number of alkyl halides is 2. The Kier molecular flexibility index (Phi) is 11.0. The highest BCUT2D eigenvalue weighted by Gasteiger charge is 2.41. The smallest absolute Gasteiger partial charge is 0.429 e. The Morgan fingerprint density at radius 1 is 0.688 bits per heavy atom. The average Bonchev–Trinajstić information content (AvgIpc) is 3.03. The summed E-state index contributed by atoms with van der Waals surface area (Å²) in [4.78, 5) is 0. The van der Waals surface area contributed by atoms with E-state index in [0.29, 0.717) is 66.7 Å². The number of ether oxygens (including phenoxy) is 3. The number of hydrogen-bond acceptors (Lipinski definition) is 3. The second-order valence-electron chi connectivity index (χ2n) is 11.7. The van der Waals surface area contributed by atoms with E-state index in [-0.39, 0.29) is 17.5 Å². The molecule has 0 unspecified atom stereocenters. The van der Waals surface area contributed by atoms with Crippen LogP contribution >= 0.6 is 0 Å². The van der Waals surface area contributed by atoms with Gasteiger partial charge < -0.3 is 14.2 Å². The van der Waals surface area contributed by atoms with Crippen LogP contribution in [-0.2, 0) is 28.4 Å². The van der Waals surface area contributed by atoms with Gasteiger partial charge in [0.2, 0.25) is 0 Å². The van der Waals surface area contributed by atoms with Crippen molar-refractivity contribution in [3.8, 4) is 16.9 Å². The van der Waals surface area contributed by atoms with Gasteiger partial charge in [-0.1, -0.05) is 50.5 Å². The molecule has 0 aliphatic carbocycles. The summed E-state index contributed by atoms with van der Waals surface area (Å²) in [7, 11) is 0. The lowest BCUT2D eigenvalue weighted by atomic mass is 10.00. The lowest BCUT2D eigenvalue weighted by Crippen LogP contribution is -2.27. The fourth-order valence-corrected chi connectivity index (χ4v) is 5.53. The van der Waals surface area contributed by atoms with E-state index in [1.807, 2.05) is 0 Å². The van der Waals surface area contributed by atoms with Gasteiger partial charge in [0.05, 0.1) is 13.2 Å². The van der Waals surface area contributed by atoms with E-state index in [0.717, 1.165) is 25.7 Å². The summed E-state index contributed by atoms with van der Waals surface area (Å²) in [6, 6.07) is 9.80. The number of rotatable bonds is 12. The van der Waals surface area contributed by atoms with E-state index >= 15 is 17.6 Å². The minimum atomic E-state index is -4.69. The Labute approximate surface area is 271 Å². The highest BCUT2D eigenvalue weighted by atomic mass is 19.3. The summed E-state index contributed by atoms with van der Waals surface area (Å²) in [6.45, 7) is 3.20. The van der Waals surface area contributed by atoms with Crippen LogP contribution in [0.4, 0.5) is 39.5 Å². The second-order valence-corrected chi connectivity index (χ2v) is 11.7. The van der Waals surface area contributed by atoms with Crippen LogP contribution in [0.5, 0.6) is 5.75 Å². The fourth-order valence-electron chi connectivity index (χ4n) is 5.53. The van der Waals surface area contributed by atoms with Gasteiger partial charge in [-0.3, -0.25) is 0 Å². The van der Waals surface area contributed by atoms with Crippen molar-refractivity contribution in [1.82, 2.24) is 0 Å². The van der Waals surface area contributed by atoms with Crippen LogP contribution in [0.3, 0.4) is 0 Å². The van der Waals surface area contributed by atoms with Crippen LogP contribution < -0.4 is 4.74 Å². The average molecular weight is 683 g/mol. The van der Waals surface area contributed by atoms with E-state index in [1.54, 1.807) is 12.1 Å². The molecule has 1 aliphatic rings. The first-order chi connectivity index (χ1) is 22.9. The first kappa shape index (κ1) is 35.3. The van der Waals surface area contributed by atoms with E-state index in [1.165, 1.54) is 12.1 Å². The first-order valence-electron chi connectivity index (χ1n) is 15.4. The number of unbranched alkanes of at least 4 members (excludes halogenated alkanes) is 2. The third-order valence-electron chi connectivity index (χ3n) is 8.10. The molecule has 1 heterocycles. The van der Waals surface area contributed by atoms with Crippen LogP contribution in [0.1, 0.15) is 61.2 Å². The number of benzene rings is 4. The number of halogens is 9. The molecule has 0 bridgehead atoms. The lowest BCUT2D eigenvalue weighted by Gasteiger charge is -2.29. The Bertz CT molecular complexity index is 1670. The zero-order chi connectivity index (χ0) is 34.6. The largest absolute Gasteiger partial charge is 0.432 e. The summed E-state index contributed by atoms with van der Waals surface area (Å²) in [5.41, 5.74) is -1.60. The molecule has 12 heteroatoms. The van der Waals surface area contributed by atoms with Crippen LogP contribution in [0.15, 0.2) is 60.7 Å². The van der Waals surface area contributed by atoms with E-state index in [4.69, 9.17) is 9.47 Å². The van der Waals surface area contributed by atoms with Crippen molar-refractivity contribution in [1.29, 1.82) is 0 Å². The molecule has 0 aromatic heterocycles. The van der Waals surface area contributed by atoms with Crippen molar-refractivity contribution >= 4 is 0 Å². The van der Waals surface area contributed by atoms with Crippen molar-refractivity contribution in [3.63, 3.8) is 0 Å². The van der Waals surface area contributed by atoms with Gasteiger partial charge in [-0.25, -0.2) is 30.7 Å². The Morgan fingerprint density at radius 2 is 1.27 bits per heavy atom. The van der Waals surface area contributed by atoms with Crippen LogP contribution in [0.25, 0.3) is 11.1 Å².